The van der Waals surface area contributed by atoms with E-state index < -0.39 is 6.10 Å². The third-order valence-corrected chi connectivity index (χ3v) is 4.65. The van der Waals surface area contributed by atoms with E-state index in [1.54, 1.807) is 0 Å². The molecule has 6 nitrogen and oxygen atoms in total. The van der Waals surface area contributed by atoms with E-state index in [-0.39, 0.29) is 0 Å². The maximum atomic E-state index is 5.87. The molecular weight excluding hydrogens is 352 g/mol. The Morgan fingerprint density at radius 3 is 2.77 bits per heavy atom. The highest BCUT2D eigenvalue weighted by Crippen LogP contribution is 2.35. The van der Waals surface area contributed by atoms with Gasteiger partial charge in [-0.2, -0.15) is 0 Å². The second-order valence-corrected chi connectivity index (χ2v) is 6.78. The van der Waals surface area contributed by atoms with E-state index in [0.29, 0.717) is 35.8 Å². The Morgan fingerprint density at radius 2 is 1.88 bits per heavy atom. The number of aromatic nitrogens is 2. The number of rotatable bonds is 6. The summed E-state index contributed by atoms with van der Waals surface area (Å²) < 4.78 is 23.0. The van der Waals surface area contributed by atoms with Crippen LogP contribution in [0, 0.1) is 6.92 Å². The van der Waals surface area contributed by atoms with Gasteiger partial charge in [-0.15, -0.1) is 10.2 Å². The number of thioether (sulfide) groups is 1. The van der Waals surface area contributed by atoms with Crippen molar-refractivity contribution in [1.29, 1.82) is 0 Å². The second-order valence-electron chi connectivity index (χ2n) is 5.73. The van der Waals surface area contributed by atoms with E-state index >= 15 is 0 Å². The van der Waals surface area contributed by atoms with Gasteiger partial charge in [0.05, 0.1) is 6.61 Å². The molecule has 0 radical (unpaired) electrons. The summed E-state index contributed by atoms with van der Waals surface area (Å²) in [6, 6.07) is 15.5. The van der Waals surface area contributed by atoms with Crippen LogP contribution in [0.2, 0.25) is 0 Å². The molecule has 0 aliphatic carbocycles. The van der Waals surface area contributed by atoms with E-state index in [2.05, 4.69) is 10.2 Å². The largest absolute Gasteiger partial charge is 0.492 e. The summed E-state index contributed by atoms with van der Waals surface area (Å²) in [5.41, 5.74) is 1.12. The molecule has 134 valence electrons. The Balaban J connectivity index is 1.29. The van der Waals surface area contributed by atoms with Gasteiger partial charge in [-0.3, -0.25) is 0 Å². The van der Waals surface area contributed by atoms with Gasteiger partial charge < -0.3 is 18.6 Å². The van der Waals surface area contributed by atoms with Crippen molar-refractivity contribution in [3.05, 3.63) is 60.0 Å². The molecule has 1 atom stereocenters. The first kappa shape index (κ1) is 16.8. The lowest BCUT2D eigenvalue weighted by Gasteiger charge is -2.23. The van der Waals surface area contributed by atoms with Crippen LogP contribution in [0.3, 0.4) is 0 Å². The van der Waals surface area contributed by atoms with Gasteiger partial charge in [-0.1, -0.05) is 42.1 Å². The Bertz CT molecular complexity index is 883. The minimum Gasteiger partial charge on any atom is -0.492 e. The molecule has 0 saturated heterocycles. The van der Waals surface area contributed by atoms with Crippen LogP contribution in [0.15, 0.2) is 58.2 Å². The van der Waals surface area contributed by atoms with Gasteiger partial charge in [0, 0.05) is 5.75 Å². The molecule has 2 aromatic carbocycles. The molecule has 1 unspecified atom stereocenters. The number of aryl methyl sites for hydroxylation is 1. The second kappa shape index (κ2) is 7.70. The molecule has 4 rings (SSSR count). The molecule has 2 heterocycles. The Hall–Kier alpha value is -2.67. The molecule has 1 aromatic heterocycles. The molecule has 1 aliphatic heterocycles. The van der Waals surface area contributed by atoms with Crippen molar-refractivity contribution in [1.82, 2.24) is 10.2 Å². The van der Waals surface area contributed by atoms with Gasteiger partial charge in [0.1, 0.15) is 12.4 Å². The number of nitrogens with zero attached hydrogens (tertiary/aromatic N) is 2. The first-order chi connectivity index (χ1) is 12.8. The van der Waals surface area contributed by atoms with Crippen molar-refractivity contribution in [2.24, 2.45) is 0 Å². The van der Waals surface area contributed by atoms with Crippen molar-refractivity contribution in [3.8, 4) is 17.2 Å². The topological polar surface area (TPSA) is 66.6 Å². The Morgan fingerprint density at radius 1 is 1.08 bits per heavy atom. The molecule has 0 N–H and O–H groups in total. The SMILES string of the molecule is Cc1ccccc1OCCSc1nnc(C2COc3ccccc3O2)o1. The number of fused-ring (bicyclic) bond motifs is 1. The highest BCUT2D eigenvalue weighted by molar-refractivity contribution is 7.99. The molecule has 0 fully saturated rings. The Kier molecular flexibility index (Phi) is 4.97. The fourth-order valence-electron chi connectivity index (χ4n) is 2.55. The Labute approximate surface area is 155 Å². The molecule has 0 spiro atoms. The number of ether oxygens (including phenoxy) is 3. The van der Waals surface area contributed by atoms with Gasteiger partial charge in [-0.05, 0) is 30.7 Å². The van der Waals surface area contributed by atoms with Crippen LogP contribution in [0.4, 0.5) is 0 Å². The van der Waals surface area contributed by atoms with Gasteiger partial charge in [-0.25, -0.2) is 0 Å². The molecule has 26 heavy (non-hydrogen) atoms. The maximum Gasteiger partial charge on any atom is 0.276 e. The normalized spacial score (nSPS) is 15.7. The van der Waals surface area contributed by atoms with Crippen LogP contribution in [0.5, 0.6) is 17.2 Å². The van der Waals surface area contributed by atoms with Crippen LogP contribution >= 0.6 is 11.8 Å². The van der Waals surface area contributed by atoms with Crippen LogP contribution < -0.4 is 14.2 Å². The molecule has 3 aromatic rings. The van der Waals surface area contributed by atoms with Gasteiger partial charge in [0.25, 0.3) is 11.1 Å². The number of hydrogen-bond donors (Lipinski definition) is 0. The minimum absolute atomic E-state index is 0.347. The summed E-state index contributed by atoms with van der Waals surface area (Å²) in [5, 5.41) is 8.64. The monoisotopic (exact) mass is 370 g/mol. The summed E-state index contributed by atoms with van der Waals surface area (Å²) in [5.74, 6) is 3.43. The van der Waals surface area contributed by atoms with Crippen LogP contribution in [-0.2, 0) is 0 Å². The third-order valence-electron chi connectivity index (χ3n) is 3.87. The predicted molar refractivity (Wildman–Crippen MR) is 97.0 cm³/mol. The lowest BCUT2D eigenvalue weighted by atomic mass is 10.2. The van der Waals surface area contributed by atoms with E-state index in [0.717, 1.165) is 17.1 Å². The van der Waals surface area contributed by atoms with Crippen molar-refractivity contribution in [2.45, 2.75) is 18.3 Å². The van der Waals surface area contributed by atoms with E-state index in [4.69, 9.17) is 18.6 Å². The van der Waals surface area contributed by atoms with Gasteiger partial charge >= 0.3 is 0 Å². The maximum absolute atomic E-state index is 5.87. The lowest BCUT2D eigenvalue weighted by molar-refractivity contribution is 0.0686. The molecule has 0 bridgehead atoms. The van der Waals surface area contributed by atoms with Crippen molar-refractivity contribution in [3.63, 3.8) is 0 Å². The van der Waals surface area contributed by atoms with Crippen molar-refractivity contribution in [2.75, 3.05) is 19.0 Å². The molecule has 0 saturated carbocycles. The standard InChI is InChI=1S/C19H18N2O4S/c1-13-6-2-3-7-14(13)22-10-11-26-19-21-20-18(25-19)17-12-23-15-8-4-5-9-16(15)24-17/h2-9,17H,10-12H2,1H3. The minimum atomic E-state index is -0.394. The van der Waals surface area contributed by atoms with Crippen LogP contribution in [0.1, 0.15) is 17.6 Å². The predicted octanol–water partition coefficient (Wildman–Crippen LogP) is 4.06. The highest BCUT2D eigenvalue weighted by Gasteiger charge is 2.27. The summed E-state index contributed by atoms with van der Waals surface area (Å²) in [6.07, 6.45) is -0.394. The lowest BCUT2D eigenvalue weighted by Crippen LogP contribution is -2.21. The average molecular weight is 370 g/mol. The molecule has 0 amide bonds. The van der Waals surface area contributed by atoms with Crippen molar-refractivity contribution >= 4 is 11.8 Å². The average Bonchev–Trinajstić information content (AvgIpc) is 3.15. The molecule has 7 heteroatoms. The zero-order chi connectivity index (χ0) is 17.8. The first-order valence-electron chi connectivity index (χ1n) is 8.33. The fraction of sp³-hybridized carbons (Fsp3) is 0.263. The van der Waals surface area contributed by atoms with E-state index in [1.165, 1.54) is 11.8 Å². The first-order valence-corrected chi connectivity index (χ1v) is 9.31. The smallest absolute Gasteiger partial charge is 0.276 e. The number of benzene rings is 2. The van der Waals surface area contributed by atoms with Crippen LogP contribution in [-0.4, -0.2) is 29.2 Å². The number of hydrogen-bond acceptors (Lipinski definition) is 7. The van der Waals surface area contributed by atoms with Crippen molar-refractivity contribution < 1.29 is 18.6 Å². The van der Waals surface area contributed by atoms with E-state index in [1.807, 2.05) is 55.5 Å². The summed E-state index contributed by atoms with van der Waals surface area (Å²) in [7, 11) is 0. The fourth-order valence-corrected chi connectivity index (χ4v) is 3.13. The van der Waals surface area contributed by atoms with Gasteiger partial charge in [0.15, 0.2) is 11.5 Å². The summed E-state index contributed by atoms with van der Waals surface area (Å²) >= 11 is 1.45. The zero-order valence-corrected chi connectivity index (χ0v) is 15.1. The van der Waals surface area contributed by atoms with E-state index in [9.17, 15) is 0 Å². The highest BCUT2D eigenvalue weighted by atomic mass is 32.2. The molecular formula is C19H18N2O4S. The zero-order valence-electron chi connectivity index (χ0n) is 14.3. The van der Waals surface area contributed by atoms with Crippen LogP contribution in [0.25, 0.3) is 0 Å². The molecule has 1 aliphatic rings. The summed E-state index contributed by atoms with van der Waals surface area (Å²) in [6.45, 7) is 2.93. The van der Waals surface area contributed by atoms with Gasteiger partial charge in [0.2, 0.25) is 6.10 Å². The summed E-state index contributed by atoms with van der Waals surface area (Å²) in [4.78, 5) is 0. The number of para-hydroxylation sites is 3. The third kappa shape index (κ3) is 3.77. The quantitative estimate of drug-likeness (QED) is 0.479.